The van der Waals surface area contributed by atoms with Gasteiger partial charge in [-0.1, -0.05) is 12.1 Å². The molecule has 0 aliphatic carbocycles. The summed E-state index contributed by atoms with van der Waals surface area (Å²) >= 11 is 0. The van der Waals surface area contributed by atoms with Crippen molar-refractivity contribution < 1.29 is 37.3 Å². The lowest BCUT2D eigenvalue weighted by Crippen LogP contribution is -2.42. The van der Waals surface area contributed by atoms with Crippen LogP contribution in [0, 0.1) is 5.82 Å². The number of rotatable bonds is 6. The number of aromatic hydroxyl groups is 1. The summed E-state index contributed by atoms with van der Waals surface area (Å²) in [5.41, 5.74) is -1.13. The van der Waals surface area contributed by atoms with E-state index in [1.807, 2.05) is 0 Å². The second kappa shape index (κ2) is 9.07. The highest BCUT2D eigenvalue weighted by Gasteiger charge is 2.35. The molecule has 1 amide bonds. The Balaban J connectivity index is 1.69. The van der Waals surface area contributed by atoms with Gasteiger partial charge in [0.05, 0.1) is 29.2 Å². The number of nitrogens with one attached hydrogen (secondary N) is 1. The van der Waals surface area contributed by atoms with Crippen LogP contribution in [0.15, 0.2) is 54.9 Å². The lowest BCUT2D eigenvalue weighted by molar-refractivity contribution is -0.275. The van der Waals surface area contributed by atoms with E-state index >= 15 is 0 Å². The highest BCUT2D eigenvalue weighted by Crippen LogP contribution is 2.32. The second-order valence-corrected chi connectivity index (χ2v) is 8.31. The summed E-state index contributed by atoms with van der Waals surface area (Å²) in [4.78, 5) is 21.7. The number of fused-ring (bicyclic) bond motifs is 1. The summed E-state index contributed by atoms with van der Waals surface area (Å²) in [6.45, 7) is 2.66. The molecule has 4 rings (SSSR count). The molecule has 3 N–H and O–H groups in total. The number of hydrogen-bond donors (Lipinski definition) is 3. The molecule has 0 saturated carbocycles. The maximum absolute atomic E-state index is 14.3. The van der Waals surface area contributed by atoms with Crippen LogP contribution in [0.25, 0.3) is 17.0 Å². The standard InChI is InChI=1S/C23H19F4N5O4/c1-22(2,35)19(12-6-7-17(14(24)9-12)36-23(25,26)27)31-21(34)13-11-29-32-18(33)10-16(30-20(13)32)15-5-3-4-8-28-15/h3-11,19,33,35H,1-2H3,(H,31,34)/t19-/m0/s1. The highest BCUT2D eigenvalue weighted by atomic mass is 19.4. The topological polar surface area (TPSA) is 122 Å². The molecule has 13 heteroatoms. The lowest BCUT2D eigenvalue weighted by Gasteiger charge is -2.30. The van der Waals surface area contributed by atoms with E-state index in [0.717, 1.165) is 28.9 Å². The maximum atomic E-state index is 14.3. The van der Waals surface area contributed by atoms with Crippen LogP contribution in [0.5, 0.6) is 11.6 Å². The van der Waals surface area contributed by atoms with E-state index in [9.17, 15) is 32.6 Å². The summed E-state index contributed by atoms with van der Waals surface area (Å²) in [6, 6.07) is 7.68. The van der Waals surface area contributed by atoms with Crippen molar-refractivity contribution >= 4 is 11.6 Å². The average molecular weight is 505 g/mol. The van der Waals surface area contributed by atoms with Gasteiger partial charge in [-0.05, 0) is 43.7 Å². The molecule has 3 aromatic heterocycles. The Labute approximate surface area is 201 Å². The molecule has 0 aliphatic heterocycles. The van der Waals surface area contributed by atoms with Crippen molar-refractivity contribution in [2.24, 2.45) is 0 Å². The first-order valence-corrected chi connectivity index (χ1v) is 10.4. The van der Waals surface area contributed by atoms with Gasteiger partial charge in [-0.25, -0.2) is 9.37 Å². The number of halogens is 4. The molecule has 4 aromatic rings. The number of amides is 1. The van der Waals surface area contributed by atoms with Crippen molar-refractivity contribution in [1.29, 1.82) is 0 Å². The average Bonchev–Trinajstić information content (AvgIpc) is 3.22. The van der Waals surface area contributed by atoms with Crippen molar-refractivity contribution in [3.8, 4) is 23.0 Å². The first-order chi connectivity index (χ1) is 16.8. The van der Waals surface area contributed by atoms with Gasteiger partial charge >= 0.3 is 6.36 Å². The molecule has 188 valence electrons. The van der Waals surface area contributed by atoms with Gasteiger partial charge in [0.1, 0.15) is 5.56 Å². The summed E-state index contributed by atoms with van der Waals surface area (Å²) in [5.74, 6) is -3.51. The summed E-state index contributed by atoms with van der Waals surface area (Å²) in [7, 11) is 0. The molecular formula is C23H19F4N5O4. The van der Waals surface area contributed by atoms with Crippen molar-refractivity contribution in [2.45, 2.75) is 31.9 Å². The lowest BCUT2D eigenvalue weighted by atomic mass is 9.91. The van der Waals surface area contributed by atoms with Crippen molar-refractivity contribution in [2.75, 3.05) is 0 Å². The third-order valence-corrected chi connectivity index (χ3v) is 5.12. The van der Waals surface area contributed by atoms with Gasteiger partial charge in [-0.15, -0.1) is 13.2 Å². The minimum Gasteiger partial charge on any atom is -0.493 e. The minimum atomic E-state index is -5.09. The van der Waals surface area contributed by atoms with E-state index in [-0.39, 0.29) is 28.3 Å². The zero-order valence-electron chi connectivity index (χ0n) is 18.8. The smallest absolute Gasteiger partial charge is 0.493 e. The van der Waals surface area contributed by atoms with Crippen LogP contribution < -0.4 is 10.1 Å². The van der Waals surface area contributed by atoms with Crippen LogP contribution in [-0.2, 0) is 0 Å². The predicted molar refractivity (Wildman–Crippen MR) is 117 cm³/mol. The largest absolute Gasteiger partial charge is 0.573 e. The molecule has 0 fully saturated rings. The van der Waals surface area contributed by atoms with Gasteiger partial charge < -0.3 is 20.3 Å². The Kier molecular flexibility index (Phi) is 6.26. The third-order valence-electron chi connectivity index (χ3n) is 5.12. The number of alkyl halides is 3. The summed E-state index contributed by atoms with van der Waals surface area (Å²) in [5, 5.41) is 27.5. The van der Waals surface area contributed by atoms with Crippen LogP contribution in [0.1, 0.15) is 35.8 Å². The third kappa shape index (κ3) is 5.20. The molecular weight excluding hydrogens is 486 g/mol. The Bertz CT molecular complexity index is 1420. The maximum Gasteiger partial charge on any atom is 0.573 e. The van der Waals surface area contributed by atoms with Crippen LogP contribution in [-0.4, -0.2) is 47.7 Å². The molecule has 0 aliphatic rings. The molecule has 0 saturated heterocycles. The van der Waals surface area contributed by atoms with Crippen LogP contribution in [0.3, 0.4) is 0 Å². The number of carbonyl (C=O) groups is 1. The molecule has 3 heterocycles. The SMILES string of the molecule is CC(C)(O)[C@@H](NC(=O)c1cnn2c(O)cc(-c3ccccn3)nc12)c1ccc(OC(F)(F)F)c(F)c1. The second-order valence-electron chi connectivity index (χ2n) is 8.31. The van der Waals surface area contributed by atoms with Gasteiger partial charge in [0, 0.05) is 12.3 Å². The number of nitrogens with zero attached hydrogens (tertiary/aromatic N) is 4. The molecule has 0 spiro atoms. The molecule has 1 aromatic carbocycles. The fraction of sp³-hybridized carbons (Fsp3) is 0.217. The zero-order chi connectivity index (χ0) is 26.3. The van der Waals surface area contributed by atoms with E-state index in [4.69, 9.17) is 0 Å². The van der Waals surface area contributed by atoms with E-state index in [2.05, 4.69) is 25.1 Å². The Hall–Kier alpha value is -4.26. The van der Waals surface area contributed by atoms with Crippen LogP contribution in [0.2, 0.25) is 0 Å². The fourth-order valence-electron chi connectivity index (χ4n) is 3.53. The molecule has 0 unspecified atom stereocenters. The summed E-state index contributed by atoms with van der Waals surface area (Å²) in [6.07, 6.45) is -2.43. The highest BCUT2D eigenvalue weighted by molar-refractivity contribution is 6.00. The number of hydrogen-bond acceptors (Lipinski definition) is 7. The normalized spacial score (nSPS) is 13.0. The van der Waals surface area contributed by atoms with Crippen molar-refractivity contribution in [3.05, 3.63) is 71.8 Å². The van der Waals surface area contributed by atoms with E-state index in [0.29, 0.717) is 5.69 Å². The number of ether oxygens (including phenoxy) is 1. The number of aromatic nitrogens is 4. The first-order valence-electron chi connectivity index (χ1n) is 10.4. The van der Waals surface area contributed by atoms with E-state index < -0.39 is 35.5 Å². The summed E-state index contributed by atoms with van der Waals surface area (Å²) < 4.78 is 56.4. The van der Waals surface area contributed by atoms with Crippen molar-refractivity contribution in [1.82, 2.24) is 24.9 Å². The minimum absolute atomic E-state index is 0.0238. The molecule has 1 atom stereocenters. The monoisotopic (exact) mass is 505 g/mol. The Morgan fingerprint density at radius 3 is 2.50 bits per heavy atom. The number of benzene rings is 1. The van der Waals surface area contributed by atoms with E-state index in [1.165, 1.54) is 26.1 Å². The molecule has 9 nitrogen and oxygen atoms in total. The van der Waals surface area contributed by atoms with Gasteiger partial charge in [0.25, 0.3) is 5.91 Å². The Morgan fingerprint density at radius 2 is 1.89 bits per heavy atom. The first kappa shape index (κ1) is 24.9. The Morgan fingerprint density at radius 1 is 1.14 bits per heavy atom. The van der Waals surface area contributed by atoms with Gasteiger partial charge in [0.2, 0.25) is 5.88 Å². The molecule has 0 bridgehead atoms. The fourth-order valence-corrected chi connectivity index (χ4v) is 3.53. The molecule has 36 heavy (non-hydrogen) atoms. The van der Waals surface area contributed by atoms with Gasteiger partial charge in [-0.2, -0.15) is 9.61 Å². The quantitative estimate of drug-likeness (QED) is 0.341. The zero-order valence-corrected chi connectivity index (χ0v) is 18.8. The van der Waals surface area contributed by atoms with Crippen LogP contribution in [0.4, 0.5) is 17.6 Å². The number of carbonyl (C=O) groups excluding carboxylic acids is 1. The van der Waals surface area contributed by atoms with Gasteiger partial charge in [-0.3, -0.25) is 9.78 Å². The number of pyridine rings is 1. The number of aliphatic hydroxyl groups is 1. The van der Waals surface area contributed by atoms with Crippen LogP contribution >= 0.6 is 0 Å². The van der Waals surface area contributed by atoms with E-state index in [1.54, 1.807) is 18.2 Å². The molecule has 0 radical (unpaired) electrons. The van der Waals surface area contributed by atoms with Crippen molar-refractivity contribution in [3.63, 3.8) is 0 Å². The predicted octanol–water partition coefficient (Wildman–Crippen LogP) is 3.78. The van der Waals surface area contributed by atoms with Gasteiger partial charge in [0.15, 0.2) is 17.2 Å².